The summed E-state index contributed by atoms with van der Waals surface area (Å²) in [6.45, 7) is 5.65. The third kappa shape index (κ3) is 4.88. The molecular weight excluding hydrogens is 378 g/mol. The highest BCUT2D eigenvalue weighted by Gasteiger charge is 2.37. The number of benzene rings is 1. The average molecular weight is 403 g/mol. The van der Waals surface area contributed by atoms with E-state index in [-0.39, 0.29) is 6.61 Å². The Hall–Kier alpha value is -3.03. The van der Waals surface area contributed by atoms with E-state index in [1.807, 2.05) is 0 Å². The van der Waals surface area contributed by atoms with E-state index >= 15 is 0 Å². The van der Waals surface area contributed by atoms with Crippen LogP contribution in [-0.4, -0.2) is 42.3 Å². The zero-order chi connectivity index (χ0) is 21.2. The van der Waals surface area contributed by atoms with Crippen LogP contribution in [0.25, 0.3) is 11.0 Å². The molecule has 0 aliphatic carbocycles. The maximum Gasteiger partial charge on any atom is 0.411 e. The Bertz CT molecular complexity index is 973. The lowest BCUT2D eigenvalue weighted by Gasteiger charge is -2.27. The van der Waals surface area contributed by atoms with Crippen molar-refractivity contribution in [2.75, 3.05) is 13.7 Å². The standard InChI is InChI=1S/C21H25NO7/c1-21(2,3)29-20(25)22-9-5-6-16(22)19(24)27-12-13-10-18(23)28-17-11-14(26-4)7-8-15(13)17/h7-8,10-11,16H,5-6,9,12H2,1-4H3/t16-/m0/s1. The number of rotatable bonds is 4. The summed E-state index contributed by atoms with van der Waals surface area (Å²) in [7, 11) is 1.52. The summed E-state index contributed by atoms with van der Waals surface area (Å²) in [4.78, 5) is 38.2. The van der Waals surface area contributed by atoms with Crippen molar-refractivity contribution in [2.45, 2.75) is 51.9 Å². The number of nitrogens with zero attached hydrogens (tertiary/aromatic N) is 1. The smallest absolute Gasteiger partial charge is 0.411 e. The van der Waals surface area contributed by atoms with Gasteiger partial charge in [0.25, 0.3) is 0 Å². The van der Waals surface area contributed by atoms with Gasteiger partial charge in [-0.05, 0) is 45.7 Å². The van der Waals surface area contributed by atoms with Crippen molar-refractivity contribution in [1.82, 2.24) is 4.90 Å². The maximum atomic E-state index is 12.6. The largest absolute Gasteiger partial charge is 0.497 e. The molecule has 0 spiro atoms. The van der Waals surface area contributed by atoms with E-state index in [0.717, 1.165) is 0 Å². The summed E-state index contributed by atoms with van der Waals surface area (Å²) in [6.07, 6.45) is 0.665. The molecule has 1 atom stereocenters. The first-order valence-electron chi connectivity index (χ1n) is 9.45. The van der Waals surface area contributed by atoms with Crippen LogP contribution >= 0.6 is 0 Å². The zero-order valence-corrected chi connectivity index (χ0v) is 17.0. The summed E-state index contributed by atoms with van der Waals surface area (Å²) in [6, 6.07) is 5.67. The van der Waals surface area contributed by atoms with Crippen LogP contribution in [-0.2, 0) is 20.9 Å². The van der Waals surface area contributed by atoms with E-state index in [1.54, 1.807) is 39.0 Å². The molecule has 29 heavy (non-hydrogen) atoms. The second-order valence-corrected chi connectivity index (χ2v) is 7.89. The molecule has 1 saturated heterocycles. The molecular formula is C21H25NO7. The Morgan fingerprint density at radius 2 is 2.00 bits per heavy atom. The normalized spacial score (nSPS) is 16.7. The molecule has 1 amide bonds. The molecule has 1 aromatic heterocycles. The summed E-state index contributed by atoms with van der Waals surface area (Å²) in [5.41, 5.74) is -0.326. The fourth-order valence-corrected chi connectivity index (χ4v) is 3.25. The minimum atomic E-state index is -0.698. The first-order chi connectivity index (χ1) is 13.7. The first kappa shape index (κ1) is 20.7. The molecule has 1 aliphatic rings. The second kappa shape index (κ2) is 8.14. The van der Waals surface area contributed by atoms with Gasteiger partial charge in [-0.15, -0.1) is 0 Å². The summed E-state index contributed by atoms with van der Waals surface area (Å²) in [5.74, 6) is 0.0250. The van der Waals surface area contributed by atoms with Gasteiger partial charge in [0.1, 0.15) is 29.6 Å². The van der Waals surface area contributed by atoms with Crippen molar-refractivity contribution in [2.24, 2.45) is 0 Å². The van der Waals surface area contributed by atoms with Crippen molar-refractivity contribution in [1.29, 1.82) is 0 Å². The van der Waals surface area contributed by atoms with Gasteiger partial charge >= 0.3 is 17.7 Å². The highest BCUT2D eigenvalue weighted by atomic mass is 16.6. The predicted molar refractivity (Wildman–Crippen MR) is 105 cm³/mol. The number of hydrogen-bond acceptors (Lipinski definition) is 7. The third-order valence-corrected chi connectivity index (χ3v) is 4.56. The molecule has 0 unspecified atom stereocenters. The van der Waals surface area contributed by atoms with Gasteiger partial charge in [-0.2, -0.15) is 0 Å². The molecule has 8 heteroatoms. The minimum Gasteiger partial charge on any atom is -0.497 e. The molecule has 3 rings (SSSR count). The first-order valence-corrected chi connectivity index (χ1v) is 9.45. The SMILES string of the molecule is COc1ccc2c(COC(=O)[C@@H]3CCCN3C(=O)OC(C)(C)C)cc(=O)oc2c1. The molecule has 156 valence electrons. The van der Waals surface area contributed by atoms with Crippen molar-refractivity contribution in [3.63, 3.8) is 0 Å². The van der Waals surface area contributed by atoms with Crippen molar-refractivity contribution in [3.05, 3.63) is 40.2 Å². The summed E-state index contributed by atoms with van der Waals surface area (Å²) in [5, 5.41) is 0.647. The minimum absolute atomic E-state index is 0.105. The van der Waals surface area contributed by atoms with Crippen molar-refractivity contribution in [3.8, 4) is 5.75 Å². The number of methoxy groups -OCH3 is 1. The van der Waals surface area contributed by atoms with E-state index in [4.69, 9.17) is 18.6 Å². The third-order valence-electron chi connectivity index (χ3n) is 4.56. The molecule has 2 heterocycles. The van der Waals surface area contributed by atoms with Crippen LogP contribution < -0.4 is 10.4 Å². The number of ether oxygens (including phenoxy) is 3. The Morgan fingerprint density at radius 1 is 1.24 bits per heavy atom. The molecule has 8 nitrogen and oxygen atoms in total. The van der Waals surface area contributed by atoms with E-state index in [2.05, 4.69) is 0 Å². The highest BCUT2D eigenvalue weighted by Crippen LogP contribution is 2.25. The summed E-state index contributed by atoms with van der Waals surface area (Å²) >= 11 is 0. The number of esters is 1. The predicted octanol–water partition coefficient (Wildman–Crippen LogP) is 3.24. The van der Waals surface area contributed by atoms with Gasteiger partial charge in [0, 0.05) is 29.6 Å². The Kier molecular flexibility index (Phi) is 5.81. The van der Waals surface area contributed by atoms with Gasteiger partial charge in [0.05, 0.1) is 7.11 Å². The number of amides is 1. The number of hydrogen-bond donors (Lipinski definition) is 0. The van der Waals surface area contributed by atoms with Gasteiger partial charge in [0.2, 0.25) is 0 Å². The van der Waals surface area contributed by atoms with Gasteiger partial charge in [-0.1, -0.05) is 0 Å². The van der Waals surface area contributed by atoms with Crippen LogP contribution in [0.2, 0.25) is 0 Å². The molecule has 1 aromatic carbocycles. The quantitative estimate of drug-likeness (QED) is 0.571. The highest BCUT2D eigenvalue weighted by molar-refractivity contribution is 5.84. The van der Waals surface area contributed by atoms with Crippen LogP contribution in [0.15, 0.2) is 33.5 Å². The van der Waals surface area contributed by atoms with E-state index in [1.165, 1.54) is 18.1 Å². The Labute approximate surface area is 168 Å². The van der Waals surface area contributed by atoms with Crippen molar-refractivity contribution < 1.29 is 28.2 Å². The lowest BCUT2D eigenvalue weighted by Crippen LogP contribution is -2.44. The van der Waals surface area contributed by atoms with Gasteiger partial charge in [0.15, 0.2) is 0 Å². The number of carbonyl (C=O) groups is 2. The Balaban J connectivity index is 1.73. The lowest BCUT2D eigenvalue weighted by atomic mass is 10.1. The summed E-state index contributed by atoms with van der Waals surface area (Å²) < 4.78 is 21.2. The number of fused-ring (bicyclic) bond motifs is 1. The molecule has 2 aromatic rings. The van der Waals surface area contributed by atoms with Crippen LogP contribution in [0.3, 0.4) is 0 Å². The number of likely N-dealkylation sites (tertiary alicyclic amines) is 1. The fraction of sp³-hybridized carbons (Fsp3) is 0.476. The molecule has 1 fully saturated rings. The molecule has 0 bridgehead atoms. The maximum absolute atomic E-state index is 12.6. The molecule has 0 radical (unpaired) electrons. The van der Waals surface area contributed by atoms with E-state index < -0.39 is 29.3 Å². The second-order valence-electron chi connectivity index (χ2n) is 7.89. The molecule has 0 saturated carbocycles. The van der Waals surface area contributed by atoms with Gasteiger partial charge in [-0.3, -0.25) is 4.90 Å². The van der Waals surface area contributed by atoms with Gasteiger partial charge < -0.3 is 18.6 Å². The van der Waals surface area contributed by atoms with Crippen LogP contribution in [0.1, 0.15) is 39.2 Å². The average Bonchev–Trinajstić information content (AvgIpc) is 3.14. The number of carbonyl (C=O) groups excluding carboxylic acids is 2. The van der Waals surface area contributed by atoms with Crippen molar-refractivity contribution >= 4 is 23.0 Å². The van der Waals surface area contributed by atoms with Crippen LogP contribution in [0.5, 0.6) is 5.75 Å². The molecule has 1 aliphatic heterocycles. The van der Waals surface area contributed by atoms with E-state index in [0.29, 0.717) is 41.7 Å². The topological polar surface area (TPSA) is 95.3 Å². The Morgan fingerprint density at radius 3 is 2.69 bits per heavy atom. The monoisotopic (exact) mass is 403 g/mol. The van der Waals surface area contributed by atoms with Crippen LogP contribution in [0.4, 0.5) is 4.79 Å². The van der Waals surface area contributed by atoms with E-state index in [9.17, 15) is 14.4 Å². The fourth-order valence-electron chi connectivity index (χ4n) is 3.25. The lowest BCUT2D eigenvalue weighted by molar-refractivity contribution is -0.150. The van der Waals surface area contributed by atoms with Gasteiger partial charge in [-0.25, -0.2) is 14.4 Å². The zero-order valence-electron chi connectivity index (χ0n) is 17.0. The molecule has 0 N–H and O–H groups in total. The van der Waals surface area contributed by atoms with Crippen LogP contribution in [0, 0.1) is 0 Å².